The molecule has 0 amide bonds. The third-order valence-electron chi connectivity index (χ3n) is 6.58. The van der Waals surface area contributed by atoms with Gasteiger partial charge in [0.25, 0.3) is 0 Å². The topological polar surface area (TPSA) is 133 Å². The van der Waals surface area contributed by atoms with Crippen molar-refractivity contribution in [3.05, 3.63) is 35.4 Å². The van der Waals surface area contributed by atoms with Crippen LogP contribution in [0.15, 0.2) is 24.3 Å². The molecule has 0 bridgehead atoms. The zero-order valence-electron chi connectivity index (χ0n) is 30.0. The average Bonchev–Trinajstić information content (AvgIpc) is 2.92. The summed E-state index contributed by atoms with van der Waals surface area (Å²) >= 11 is 4.79. The summed E-state index contributed by atoms with van der Waals surface area (Å²) in [6, 6.07) is 8.69. The molecular weight excluding hydrogens is 744 g/mol. The Morgan fingerprint density at radius 2 is 1.32 bits per heavy atom. The molecule has 5 atom stereocenters. The van der Waals surface area contributed by atoms with Gasteiger partial charge in [-0.2, -0.15) is 0 Å². The lowest BCUT2D eigenvalue weighted by Gasteiger charge is -2.42. The van der Waals surface area contributed by atoms with Crippen LogP contribution in [0.2, 0.25) is 71.0 Å². The van der Waals surface area contributed by atoms with Crippen molar-refractivity contribution in [2.75, 3.05) is 26.0 Å². The summed E-state index contributed by atoms with van der Waals surface area (Å²) in [5.74, 6) is -1.76. The number of aliphatic hydroxyl groups is 1. The molecule has 0 saturated carbocycles. The van der Waals surface area contributed by atoms with Crippen LogP contribution in [0.3, 0.4) is 0 Å². The van der Waals surface area contributed by atoms with Crippen LogP contribution in [0.1, 0.15) is 25.0 Å². The molecule has 1 aromatic carbocycles. The van der Waals surface area contributed by atoms with E-state index in [9.17, 15) is 14.5 Å². The van der Waals surface area contributed by atoms with E-state index >= 15 is 0 Å². The molecule has 18 heteroatoms. The Morgan fingerprint density at radius 3 is 1.79 bits per heavy atom. The van der Waals surface area contributed by atoms with Gasteiger partial charge < -0.3 is 35.9 Å². The lowest BCUT2D eigenvalue weighted by atomic mass is 10.1. The molecule has 0 aliphatic heterocycles. The molecule has 0 heterocycles. The van der Waals surface area contributed by atoms with E-state index in [0.29, 0.717) is 31.1 Å². The predicted octanol–water partition coefficient (Wildman–Crippen LogP) is 5.34. The zero-order valence-corrected chi connectivity index (χ0v) is 37.5. The molecule has 5 unspecified atom stereocenters. The average molecular weight is 800 g/mol. The van der Waals surface area contributed by atoms with E-state index in [1.54, 1.807) is 6.92 Å². The Morgan fingerprint density at radius 1 is 0.830 bits per heavy atom. The maximum absolute atomic E-state index is 13.3. The van der Waals surface area contributed by atoms with E-state index in [0.717, 1.165) is 20.6 Å². The van der Waals surface area contributed by atoms with Crippen LogP contribution < -0.4 is 4.89 Å². The summed E-state index contributed by atoms with van der Waals surface area (Å²) in [5, 5.41) is 9.11. The molecule has 269 valence electrons. The Balaban J connectivity index is 3.09. The van der Waals surface area contributed by atoms with Crippen LogP contribution in [-0.2, 0) is 69.1 Å². The number of aliphatic hydroxyl groups excluding tert-OH is 1. The molecule has 47 heavy (non-hydrogen) atoms. The second-order valence-corrected chi connectivity index (χ2v) is 36.4. The van der Waals surface area contributed by atoms with Crippen LogP contribution in [0.4, 0.5) is 0 Å². The highest BCUT2D eigenvalue weighted by molar-refractivity contribution is 8.33. The first kappa shape index (κ1) is 44.8. The molecule has 0 aromatic heterocycles. The maximum Gasteiger partial charge on any atom is 0.360 e. The van der Waals surface area contributed by atoms with E-state index in [-0.39, 0.29) is 25.8 Å². The fourth-order valence-corrected chi connectivity index (χ4v) is 27.1. The van der Waals surface area contributed by atoms with Crippen LogP contribution in [-0.4, -0.2) is 86.1 Å². The number of carbonyl (C=O) groups excluding carboxylic acids is 2. The second kappa shape index (κ2) is 20.6. The van der Waals surface area contributed by atoms with Gasteiger partial charge in [-0.05, 0) is 70.1 Å². The Kier molecular flexibility index (Phi) is 19.6. The molecule has 1 N–H and O–H groups in total. The van der Waals surface area contributed by atoms with Crippen molar-refractivity contribution in [3.8, 4) is 0 Å². The quantitative estimate of drug-likeness (QED) is 0.0927. The minimum Gasteiger partial charge on any atom is -0.620 e. The number of rotatable bonds is 22. The highest BCUT2D eigenvalue weighted by Gasteiger charge is 2.49. The van der Waals surface area contributed by atoms with E-state index in [2.05, 4.69) is 39.3 Å². The van der Waals surface area contributed by atoms with E-state index < -0.39 is 67.8 Å². The van der Waals surface area contributed by atoms with Crippen molar-refractivity contribution < 1.29 is 45.5 Å². The van der Waals surface area contributed by atoms with E-state index in [1.807, 2.05) is 50.8 Å². The molecular formula is C29H56O10PS2Si5. The molecule has 1 radical (unpaired) electrons. The Bertz CT molecular complexity index is 1200. The largest absolute Gasteiger partial charge is 0.620 e. The van der Waals surface area contributed by atoms with Gasteiger partial charge in [-0.25, -0.2) is 0 Å². The Hall–Kier alpha value is -0.256. The number of benzene rings is 1. The summed E-state index contributed by atoms with van der Waals surface area (Å²) in [4.78, 5) is 37.6. The summed E-state index contributed by atoms with van der Waals surface area (Å²) in [6.07, 6.45) is 1.84. The van der Waals surface area contributed by atoms with Gasteiger partial charge in [0.1, 0.15) is 29.2 Å². The molecule has 0 fully saturated rings. The third-order valence-corrected chi connectivity index (χ3v) is 26.7. The molecule has 1 aromatic rings. The van der Waals surface area contributed by atoms with Crippen molar-refractivity contribution in [3.63, 3.8) is 0 Å². The van der Waals surface area contributed by atoms with Crippen LogP contribution in [0.5, 0.6) is 0 Å². The number of ether oxygens (including phenoxy) is 2. The fraction of sp³-hybridized carbons (Fsp3) is 0.724. The minimum atomic E-state index is -3.15. The van der Waals surface area contributed by atoms with Gasteiger partial charge in [0.05, 0.1) is 25.0 Å². The predicted molar refractivity (Wildman–Crippen MR) is 203 cm³/mol. The highest BCUT2D eigenvalue weighted by atomic mass is 32.9. The van der Waals surface area contributed by atoms with Crippen molar-refractivity contribution >= 4 is 82.6 Å². The first-order chi connectivity index (χ1) is 21.6. The van der Waals surface area contributed by atoms with Crippen LogP contribution >= 0.6 is 6.92 Å². The van der Waals surface area contributed by atoms with Crippen LogP contribution in [0.25, 0.3) is 0 Å². The zero-order chi connectivity index (χ0) is 36.1. The van der Waals surface area contributed by atoms with E-state index in [4.69, 9.17) is 42.2 Å². The van der Waals surface area contributed by atoms with Gasteiger partial charge in [-0.15, -0.1) is 0 Å². The van der Waals surface area contributed by atoms with Gasteiger partial charge in [-0.1, -0.05) is 38.1 Å². The second-order valence-electron chi connectivity index (χ2n) is 14.1. The molecule has 0 aliphatic rings. The standard InChI is InChI=1S/C29H56O10PS2Si5/c1-24(28(31)34-19-16-26-12-14-27(15-13-26)17-21-40(33)42-41)22-46(10,37-43(3)36-44(4,5)6)39-47(11,38-45(7,8)9)23-25(2)29(32)35-20-18-30/h12-15,24-25,30H,16-23H2,1-11H3. The smallest absolute Gasteiger partial charge is 0.360 e. The number of carbonyl (C=O) groups is 2. The highest BCUT2D eigenvalue weighted by Crippen LogP contribution is 2.32. The van der Waals surface area contributed by atoms with E-state index in [1.165, 1.54) is 0 Å². The van der Waals surface area contributed by atoms with Gasteiger partial charge in [-0.3, -0.25) is 9.59 Å². The number of hydrogen-bond acceptors (Lipinski definition) is 11. The molecule has 0 aliphatic carbocycles. The summed E-state index contributed by atoms with van der Waals surface area (Å²) in [6.45, 7) is 20.6. The van der Waals surface area contributed by atoms with Gasteiger partial charge in [0.15, 0.2) is 16.6 Å². The lowest BCUT2D eigenvalue weighted by molar-refractivity contribution is -0.152. The minimum absolute atomic E-state index is 0.0635. The van der Waals surface area contributed by atoms with Crippen LogP contribution in [0, 0.1) is 11.8 Å². The monoisotopic (exact) mass is 799 g/mol. The van der Waals surface area contributed by atoms with Crippen molar-refractivity contribution in [1.29, 1.82) is 0 Å². The van der Waals surface area contributed by atoms with Gasteiger partial charge in [0, 0.05) is 36.1 Å². The lowest BCUT2D eigenvalue weighted by Crippen LogP contribution is -2.59. The summed E-state index contributed by atoms with van der Waals surface area (Å²) in [5.41, 5.74) is 2.14. The van der Waals surface area contributed by atoms with Crippen molar-refractivity contribution in [2.45, 2.75) is 97.7 Å². The van der Waals surface area contributed by atoms with Gasteiger partial charge >= 0.3 is 38.3 Å². The summed E-state index contributed by atoms with van der Waals surface area (Å²) < 4.78 is 37.7. The number of aryl methyl sites for hydroxylation is 1. The van der Waals surface area contributed by atoms with Crippen molar-refractivity contribution in [1.82, 2.24) is 0 Å². The molecule has 10 nitrogen and oxygen atoms in total. The summed E-state index contributed by atoms with van der Waals surface area (Å²) in [7, 11) is -11.0. The first-order valence-corrected chi connectivity index (χ1v) is 33.4. The molecule has 0 saturated heterocycles. The number of hydrogen-bond donors (Lipinski definition) is 1. The maximum atomic E-state index is 13.3. The normalized spacial score (nSPS) is 16.5. The molecule has 0 spiro atoms. The number of esters is 2. The molecule has 1 rings (SSSR count). The van der Waals surface area contributed by atoms with Crippen molar-refractivity contribution in [2.24, 2.45) is 11.8 Å². The SMILES string of the molecule is CC(C[Si](C)(O[Si](C)O[Si](C)(C)C)O[Si](C)(CC(C)C(=O)OCCO)O[Si](C)(C)C)C(=O)OCCc1ccc(CC[P+]([O-])=S=S)cc1. The Labute approximate surface area is 297 Å². The fourth-order valence-electron chi connectivity index (χ4n) is 5.18. The van der Waals surface area contributed by atoms with Gasteiger partial charge in [0.2, 0.25) is 0 Å². The first-order valence-electron chi connectivity index (χ1n) is 16.0. The third kappa shape index (κ3) is 19.6.